The first-order valence-electron chi connectivity index (χ1n) is 8.90. The summed E-state index contributed by atoms with van der Waals surface area (Å²) in [6.07, 6.45) is 3.23. The van der Waals surface area contributed by atoms with Crippen LogP contribution in [0.5, 0.6) is 0 Å². The molecule has 2 aromatic carbocycles. The lowest BCUT2D eigenvalue weighted by Gasteiger charge is -2.21. The Hall–Kier alpha value is -1.39. The van der Waals surface area contributed by atoms with Gasteiger partial charge in [-0.15, -0.1) is 23.5 Å². The quantitative estimate of drug-likeness (QED) is 0.746. The summed E-state index contributed by atoms with van der Waals surface area (Å²) in [4.78, 5) is 12.4. The zero-order chi connectivity index (χ0) is 17.5. The molecule has 0 bridgehead atoms. The van der Waals surface area contributed by atoms with E-state index in [-0.39, 0.29) is 11.9 Å². The minimum Gasteiger partial charge on any atom is -0.350 e. The van der Waals surface area contributed by atoms with E-state index in [9.17, 15) is 4.79 Å². The van der Waals surface area contributed by atoms with Crippen LogP contribution in [0.25, 0.3) is 0 Å². The predicted molar refractivity (Wildman–Crippen MR) is 110 cm³/mol. The van der Waals surface area contributed by atoms with E-state index in [0.717, 1.165) is 18.4 Å². The first-order valence-corrected chi connectivity index (χ1v) is 11.0. The fraction of sp³-hybridized carbons (Fsp3) is 0.381. The number of thioether (sulfide) groups is 2. The zero-order valence-corrected chi connectivity index (χ0v) is 16.2. The topological polar surface area (TPSA) is 29.1 Å². The molecule has 1 aliphatic heterocycles. The van der Waals surface area contributed by atoms with E-state index in [2.05, 4.69) is 48.6 Å². The van der Waals surface area contributed by atoms with Gasteiger partial charge in [0.05, 0.1) is 4.58 Å². The van der Waals surface area contributed by atoms with Crippen LogP contribution in [0, 0.1) is 0 Å². The monoisotopic (exact) mass is 371 g/mol. The number of hydrogen-bond donors (Lipinski definition) is 1. The number of aryl methyl sites for hydroxylation is 1. The number of carbonyl (C=O) groups excluding carboxylic acids is 1. The molecule has 1 heterocycles. The Bertz CT molecular complexity index is 666. The molecule has 25 heavy (non-hydrogen) atoms. The van der Waals surface area contributed by atoms with Gasteiger partial charge in [-0.1, -0.05) is 42.5 Å². The lowest BCUT2D eigenvalue weighted by atomic mass is 10.1. The largest absolute Gasteiger partial charge is 0.350 e. The molecule has 1 atom stereocenters. The van der Waals surface area contributed by atoms with Gasteiger partial charge in [-0.05, 0) is 61.0 Å². The maximum Gasteiger partial charge on any atom is 0.251 e. The fourth-order valence-electron chi connectivity index (χ4n) is 2.88. The third kappa shape index (κ3) is 5.55. The van der Waals surface area contributed by atoms with Gasteiger partial charge in [0.2, 0.25) is 0 Å². The van der Waals surface area contributed by atoms with Crippen molar-refractivity contribution in [1.82, 2.24) is 5.32 Å². The second kappa shape index (κ2) is 9.35. The second-order valence-electron chi connectivity index (χ2n) is 6.45. The van der Waals surface area contributed by atoms with Crippen LogP contribution in [0.2, 0.25) is 0 Å². The van der Waals surface area contributed by atoms with Crippen molar-refractivity contribution in [2.45, 2.75) is 36.8 Å². The molecule has 2 aromatic rings. The molecule has 132 valence electrons. The van der Waals surface area contributed by atoms with Crippen LogP contribution in [0.15, 0.2) is 54.6 Å². The highest BCUT2D eigenvalue weighted by molar-refractivity contribution is 8.16. The first-order chi connectivity index (χ1) is 12.2. The molecular formula is C21H25NOS2. The van der Waals surface area contributed by atoms with Crippen molar-refractivity contribution in [3.05, 3.63) is 71.3 Å². The normalized spacial score (nSPS) is 16.4. The molecule has 3 rings (SSSR count). The van der Waals surface area contributed by atoms with Crippen LogP contribution in [-0.2, 0) is 6.42 Å². The molecule has 1 aliphatic rings. The van der Waals surface area contributed by atoms with E-state index >= 15 is 0 Å². The van der Waals surface area contributed by atoms with E-state index in [1.54, 1.807) is 0 Å². The Kier molecular flexibility index (Phi) is 6.88. The molecule has 0 saturated carbocycles. The number of nitrogens with one attached hydrogen (secondary N) is 1. The Morgan fingerprint density at radius 2 is 1.76 bits per heavy atom. The fourth-order valence-corrected chi connectivity index (χ4v) is 5.77. The molecule has 1 saturated heterocycles. The summed E-state index contributed by atoms with van der Waals surface area (Å²) in [5.74, 6) is 2.49. The minimum absolute atomic E-state index is 0.0241. The van der Waals surface area contributed by atoms with Crippen molar-refractivity contribution in [2.24, 2.45) is 0 Å². The van der Waals surface area contributed by atoms with Crippen LogP contribution in [-0.4, -0.2) is 23.5 Å². The molecule has 1 unspecified atom stereocenters. The third-order valence-electron chi connectivity index (χ3n) is 4.36. The molecule has 0 aromatic heterocycles. The number of carbonyl (C=O) groups is 1. The lowest BCUT2D eigenvalue weighted by Crippen LogP contribution is -2.32. The van der Waals surface area contributed by atoms with Gasteiger partial charge in [0, 0.05) is 11.6 Å². The van der Waals surface area contributed by atoms with E-state index in [0.29, 0.717) is 4.58 Å². The van der Waals surface area contributed by atoms with E-state index < -0.39 is 0 Å². The van der Waals surface area contributed by atoms with Gasteiger partial charge in [-0.2, -0.15) is 0 Å². The van der Waals surface area contributed by atoms with Crippen molar-refractivity contribution >= 4 is 29.4 Å². The summed E-state index contributed by atoms with van der Waals surface area (Å²) in [6, 6.07) is 18.7. The van der Waals surface area contributed by atoms with Crippen LogP contribution < -0.4 is 5.32 Å². The summed E-state index contributed by atoms with van der Waals surface area (Å²) in [5, 5.41) is 3.12. The SMILES string of the molecule is CC(CCc1ccccc1)NC(=O)c1ccc(C2SCCCS2)cc1. The molecule has 1 N–H and O–H groups in total. The van der Waals surface area contributed by atoms with Gasteiger partial charge in [-0.3, -0.25) is 4.79 Å². The number of amides is 1. The van der Waals surface area contributed by atoms with Crippen molar-refractivity contribution < 1.29 is 4.79 Å². The van der Waals surface area contributed by atoms with Crippen LogP contribution in [0.3, 0.4) is 0 Å². The summed E-state index contributed by atoms with van der Waals surface area (Å²) < 4.78 is 0.524. The maximum absolute atomic E-state index is 12.4. The smallest absolute Gasteiger partial charge is 0.251 e. The highest BCUT2D eigenvalue weighted by atomic mass is 32.2. The summed E-state index contributed by atoms with van der Waals surface area (Å²) in [5.41, 5.74) is 3.39. The summed E-state index contributed by atoms with van der Waals surface area (Å²) in [7, 11) is 0. The molecule has 0 aliphatic carbocycles. The molecule has 0 radical (unpaired) electrons. The Labute approximate surface area is 159 Å². The molecular weight excluding hydrogens is 346 g/mol. The average molecular weight is 372 g/mol. The zero-order valence-electron chi connectivity index (χ0n) is 14.6. The van der Waals surface area contributed by atoms with Crippen molar-refractivity contribution in [1.29, 1.82) is 0 Å². The number of benzene rings is 2. The Morgan fingerprint density at radius 1 is 1.08 bits per heavy atom. The molecule has 2 nitrogen and oxygen atoms in total. The maximum atomic E-state index is 12.4. The van der Waals surface area contributed by atoms with Crippen molar-refractivity contribution in [3.63, 3.8) is 0 Å². The van der Waals surface area contributed by atoms with E-state index in [1.807, 2.05) is 41.7 Å². The lowest BCUT2D eigenvalue weighted by molar-refractivity contribution is 0.0938. The third-order valence-corrected chi connectivity index (χ3v) is 7.37. The highest BCUT2D eigenvalue weighted by Crippen LogP contribution is 2.43. The molecule has 1 amide bonds. The summed E-state index contributed by atoms with van der Waals surface area (Å²) >= 11 is 4.02. The Balaban J connectivity index is 1.50. The van der Waals surface area contributed by atoms with Gasteiger partial charge >= 0.3 is 0 Å². The van der Waals surface area contributed by atoms with Crippen LogP contribution >= 0.6 is 23.5 Å². The predicted octanol–water partition coefficient (Wildman–Crippen LogP) is 5.31. The van der Waals surface area contributed by atoms with Gasteiger partial charge in [-0.25, -0.2) is 0 Å². The number of hydrogen-bond acceptors (Lipinski definition) is 3. The second-order valence-corrected chi connectivity index (χ2v) is 9.17. The molecule has 4 heteroatoms. The number of rotatable bonds is 6. The molecule has 1 fully saturated rings. The van der Waals surface area contributed by atoms with Gasteiger partial charge in [0.25, 0.3) is 5.91 Å². The van der Waals surface area contributed by atoms with E-state index in [4.69, 9.17) is 0 Å². The Morgan fingerprint density at radius 3 is 2.44 bits per heavy atom. The van der Waals surface area contributed by atoms with Gasteiger partial charge in [0.1, 0.15) is 0 Å². The van der Waals surface area contributed by atoms with E-state index in [1.165, 1.54) is 29.1 Å². The first kappa shape index (κ1) is 18.4. The molecule has 0 spiro atoms. The standard InChI is InChI=1S/C21H25NOS2/c1-16(8-9-17-6-3-2-4-7-17)22-20(23)18-10-12-19(13-11-18)21-24-14-5-15-25-21/h2-4,6-7,10-13,16,21H,5,8-9,14-15H2,1H3,(H,22,23). The minimum atomic E-state index is 0.0241. The van der Waals surface area contributed by atoms with Crippen molar-refractivity contribution in [3.8, 4) is 0 Å². The average Bonchev–Trinajstić information content (AvgIpc) is 2.68. The van der Waals surface area contributed by atoms with Crippen LogP contribution in [0.4, 0.5) is 0 Å². The van der Waals surface area contributed by atoms with Gasteiger partial charge < -0.3 is 5.32 Å². The van der Waals surface area contributed by atoms with Crippen LogP contribution in [0.1, 0.15) is 45.8 Å². The highest BCUT2D eigenvalue weighted by Gasteiger charge is 2.17. The summed E-state index contributed by atoms with van der Waals surface area (Å²) in [6.45, 7) is 2.07. The van der Waals surface area contributed by atoms with Crippen molar-refractivity contribution in [2.75, 3.05) is 11.5 Å². The van der Waals surface area contributed by atoms with Gasteiger partial charge in [0.15, 0.2) is 0 Å².